The van der Waals surface area contributed by atoms with Crippen molar-refractivity contribution in [1.29, 1.82) is 0 Å². The predicted octanol–water partition coefficient (Wildman–Crippen LogP) is 1.51. The van der Waals surface area contributed by atoms with Gasteiger partial charge in [0.25, 0.3) is 0 Å². The zero-order valence-electron chi connectivity index (χ0n) is 8.63. The molecule has 0 saturated heterocycles. The molecule has 0 radical (unpaired) electrons. The van der Waals surface area contributed by atoms with Crippen LogP contribution in [0.3, 0.4) is 0 Å². The molecule has 0 aliphatic rings. The van der Waals surface area contributed by atoms with Gasteiger partial charge in [0.2, 0.25) is 0 Å². The minimum Gasteiger partial charge on any atom is -0.496 e. The number of benzene rings is 1. The van der Waals surface area contributed by atoms with Crippen molar-refractivity contribution in [2.75, 3.05) is 13.7 Å². The molecule has 2 N–H and O–H groups in total. The van der Waals surface area contributed by atoms with Crippen LogP contribution < -0.4 is 10.5 Å². The standard InChI is InChI=1S/C12H15NO/c1-10-6-7-12(14-2)11(9-10)5-3-4-8-13/h6-7,9H,5,8,13H2,1-2H3. The number of ether oxygens (including phenoxy) is 1. The third-order valence-corrected chi connectivity index (χ3v) is 1.94. The van der Waals surface area contributed by atoms with Crippen molar-refractivity contribution >= 4 is 0 Å². The molecule has 74 valence electrons. The Hall–Kier alpha value is -1.46. The lowest BCUT2D eigenvalue weighted by Crippen LogP contribution is -1.95. The summed E-state index contributed by atoms with van der Waals surface area (Å²) in [6.45, 7) is 2.47. The second kappa shape index (κ2) is 5.31. The molecule has 1 rings (SSSR count). The fraction of sp³-hybridized carbons (Fsp3) is 0.333. The van der Waals surface area contributed by atoms with Crippen LogP contribution >= 0.6 is 0 Å². The fourth-order valence-corrected chi connectivity index (χ4v) is 1.28. The lowest BCUT2D eigenvalue weighted by molar-refractivity contribution is 0.411. The number of hydrogen-bond donors (Lipinski definition) is 1. The van der Waals surface area contributed by atoms with Gasteiger partial charge < -0.3 is 10.5 Å². The van der Waals surface area contributed by atoms with Crippen LogP contribution in [0, 0.1) is 18.8 Å². The van der Waals surface area contributed by atoms with E-state index in [-0.39, 0.29) is 0 Å². The smallest absolute Gasteiger partial charge is 0.123 e. The number of hydrogen-bond acceptors (Lipinski definition) is 2. The molecule has 0 fully saturated rings. The number of rotatable bonds is 2. The first-order chi connectivity index (χ1) is 6.77. The lowest BCUT2D eigenvalue weighted by atomic mass is 10.1. The second-order valence-corrected chi connectivity index (χ2v) is 3.05. The summed E-state index contributed by atoms with van der Waals surface area (Å²) in [6, 6.07) is 6.08. The average Bonchev–Trinajstić information content (AvgIpc) is 2.19. The van der Waals surface area contributed by atoms with Gasteiger partial charge in [0, 0.05) is 12.0 Å². The molecule has 0 heterocycles. The van der Waals surface area contributed by atoms with Crippen molar-refractivity contribution in [3.63, 3.8) is 0 Å². The maximum Gasteiger partial charge on any atom is 0.123 e. The van der Waals surface area contributed by atoms with Gasteiger partial charge in [-0.25, -0.2) is 0 Å². The summed E-state index contributed by atoms with van der Waals surface area (Å²) in [4.78, 5) is 0. The van der Waals surface area contributed by atoms with Crippen LogP contribution in [0.5, 0.6) is 5.75 Å². The Balaban J connectivity index is 2.87. The topological polar surface area (TPSA) is 35.2 Å². The van der Waals surface area contributed by atoms with Crippen LogP contribution in [-0.4, -0.2) is 13.7 Å². The van der Waals surface area contributed by atoms with Gasteiger partial charge in [-0.3, -0.25) is 0 Å². The van der Waals surface area contributed by atoms with Crippen molar-refractivity contribution in [2.24, 2.45) is 5.73 Å². The maximum absolute atomic E-state index is 5.29. The summed E-state index contributed by atoms with van der Waals surface area (Å²) < 4.78 is 5.23. The maximum atomic E-state index is 5.29. The van der Waals surface area contributed by atoms with Gasteiger partial charge in [-0.1, -0.05) is 29.5 Å². The highest BCUT2D eigenvalue weighted by Gasteiger charge is 2.00. The van der Waals surface area contributed by atoms with Crippen molar-refractivity contribution in [3.05, 3.63) is 29.3 Å². The largest absolute Gasteiger partial charge is 0.496 e. The van der Waals surface area contributed by atoms with Gasteiger partial charge in [-0.2, -0.15) is 0 Å². The van der Waals surface area contributed by atoms with Crippen LogP contribution in [0.25, 0.3) is 0 Å². The van der Waals surface area contributed by atoms with Crippen LogP contribution in [0.4, 0.5) is 0 Å². The van der Waals surface area contributed by atoms with Gasteiger partial charge >= 0.3 is 0 Å². The molecule has 0 aliphatic heterocycles. The quantitative estimate of drug-likeness (QED) is 0.716. The Morgan fingerprint density at radius 1 is 1.36 bits per heavy atom. The molecule has 1 aromatic carbocycles. The fourth-order valence-electron chi connectivity index (χ4n) is 1.28. The van der Waals surface area contributed by atoms with Crippen LogP contribution in [0.2, 0.25) is 0 Å². The molecular formula is C12H15NO. The zero-order valence-corrected chi connectivity index (χ0v) is 8.63. The van der Waals surface area contributed by atoms with Crippen molar-refractivity contribution in [3.8, 4) is 17.6 Å². The van der Waals surface area contributed by atoms with E-state index in [1.807, 2.05) is 12.1 Å². The Morgan fingerprint density at radius 3 is 2.79 bits per heavy atom. The molecule has 0 aliphatic carbocycles. The highest BCUT2D eigenvalue weighted by Crippen LogP contribution is 2.19. The van der Waals surface area contributed by atoms with Gasteiger partial charge in [0.05, 0.1) is 13.7 Å². The first-order valence-corrected chi connectivity index (χ1v) is 4.57. The van der Waals surface area contributed by atoms with E-state index in [1.165, 1.54) is 5.56 Å². The van der Waals surface area contributed by atoms with Gasteiger partial charge in [0.1, 0.15) is 5.75 Å². The average molecular weight is 189 g/mol. The van der Waals surface area contributed by atoms with E-state index < -0.39 is 0 Å². The number of methoxy groups -OCH3 is 1. The second-order valence-electron chi connectivity index (χ2n) is 3.05. The lowest BCUT2D eigenvalue weighted by Gasteiger charge is -2.06. The summed E-state index contributed by atoms with van der Waals surface area (Å²) in [5.41, 5.74) is 7.63. The monoisotopic (exact) mass is 189 g/mol. The Bertz CT molecular complexity index is 360. The first kappa shape index (κ1) is 10.6. The zero-order chi connectivity index (χ0) is 10.4. The first-order valence-electron chi connectivity index (χ1n) is 4.57. The molecular weight excluding hydrogens is 174 g/mol. The van der Waals surface area contributed by atoms with Crippen molar-refractivity contribution < 1.29 is 4.74 Å². The van der Waals surface area contributed by atoms with E-state index in [1.54, 1.807) is 7.11 Å². The summed E-state index contributed by atoms with van der Waals surface area (Å²) >= 11 is 0. The molecule has 2 heteroatoms. The minimum absolute atomic E-state index is 0.411. The van der Waals surface area contributed by atoms with E-state index in [9.17, 15) is 0 Å². The molecule has 0 amide bonds. The molecule has 1 aromatic rings. The van der Waals surface area contributed by atoms with Gasteiger partial charge in [-0.05, 0) is 13.0 Å². The van der Waals surface area contributed by atoms with E-state index in [2.05, 4.69) is 24.8 Å². The van der Waals surface area contributed by atoms with Gasteiger partial charge in [0.15, 0.2) is 0 Å². The van der Waals surface area contributed by atoms with E-state index in [4.69, 9.17) is 10.5 Å². The molecule has 0 unspecified atom stereocenters. The summed E-state index contributed by atoms with van der Waals surface area (Å²) in [6.07, 6.45) is 0.696. The van der Waals surface area contributed by atoms with Gasteiger partial charge in [-0.15, -0.1) is 0 Å². The molecule has 0 spiro atoms. The summed E-state index contributed by atoms with van der Waals surface area (Å²) in [7, 11) is 1.67. The van der Waals surface area contributed by atoms with Crippen molar-refractivity contribution in [2.45, 2.75) is 13.3 Å². The molecule has 0 bridgehead atoms. The molecule has 2 nitrogen and oxygen atoms in total. The van der Waals surface area contributed by atoms with Crippen LogP contribution in [0.15, 0.2) is 18.2 Å². The molecule has 0 atom stereocenters. The molecule has 14 heavy (non-hydrogen) atoms. The van der Waals surface area contributed by atoms with Crippen LogP contribution in [-0.2, 0) is 6.42 Å². The predicted molar refractivity (Wildman–Crippen MR) is 58.3 cm³/mol. The normalized spacial score (nSPS) is 9.07. The molecule has 0 aromatic heterocycles. The Labute approximate surface area is 85.1 Å². The Kier molecular flexibility index (Phi) is 4.03. The third kappa shape index (κ3) is 2.79. The van der Waals surface area contributed by atoms with Crippen molar-refractivity contribution in [1.82, 2.24) is 0 Å². The summed E-state index contributed by atoms with van der Waals surface area (Å²) in [5.74, 6) is 6.73. The van der Waals surface area contributed by atoms with E-state index in [0.29, 0.717) is 13.0 Å². The highest BCUT2D eigenvalue weighted by molar-refractivity contribution is 5.39. The van der Waals surface area contributed by atoms with E-state index in [0.717, 1.165) is 11.3 Å². The third-order valence-electron chi connectivity index (χ3n) is 1.94. The number of aryl methyl sites for hydroxylation is 1. The minimum atomic E-state index is 0.411. The Morgan fingerprint density at radius 2 is 2.14 bits per heavy atom. The van der Waals surface area contributed by atoms with Crippen LogP contribution in [0.1, 0.15) is 11.1 Å². The highest BCUT2D eigenvalue weighted by atomic mass is 16.5. The SMILES string of the molecule is COc1ccc(C)cc1CC#CCN. The summed E-state index contributed by atoms with van der Waals surface area (Å²) in [5, 5.41) is 0. The van der Waals surface area contributed by atoms with E-state index >= 15 is 0 Å². The molecule has 0 saturated carbocycles. The number of nitrogens with two attached hydrogens (primary N) is 1.